The van der Waals surface area contributed by atoms with E-state index >= 15 is 0 Å². The quantitative estimate of drug-likeness (QED) is 0.698. The van der Waals surface area contributed by atoms with Crippen LogP contribution in [0, 0.1) is 0 Å². The highest BCUT2D eigenvalue weighted by Crippen LogP contribution is 2.19. The van der Waals surface area contributed by atoms with E-state index in [0.717, 1.165) is 11.1 Å². The predicted molar refractivity (Wildman–Crippen MR) is 80.6 cm³/mol. The Morgan fingerprint density at radius 3 is 2.55 bits per heavy atom. The highest BCUT2D eigenvalue weighted by molar-refractivity contribution is 6.04. The Bertz CT molecular complexity index is 769. The molecule has 0 aliphatic rings. The topological polar surface area (TPSA) is 68.0 Å². The number of benzene rings is 2. The molecule has 20 heavy (non-hydrogen) atoms. The van der Waals surface area contributed by atoms with Crippen molar-refractivity contribution in [3.05, 3.63) is 66.4 Å². The molecule has 0 fully saturated rings. The lowest BCUT2D eigenvalue weighted by Crippen LogP contribution is -2.13. The summed E-state index contributed by atoms with van der Waals surface area (Å²) in [7, 11) is 0. The van der Waals surface area contributed by atoms with Crippen molar-refractivity contribution in [3.8, 4) is 0 Å². The lowest BCUT2D eigenvalue weighted by atomic mass is 10.1. The minimum absolute atomic E-state index is 0.249. The molecule has 3 N–H and O–H groups in total. The monoisotopic (exact) mass is 263 g/mol. The van der Waals surface area contributed by atoms with Gasteiger partial charge in [-0.2, -0.15) is 0 Å². The normalized spacial score (nSPS) is 10.4. The van der Waals surface area contributed by atoms with Crippen LogP contribution in [0.3, 0.4) is 0 Å². The Balaban J connectivity index is 1.94. The zero-order valence-corrected chi connectivity index (χ0v) is 10.7. The van der Waals surface area contributed by atoms with Crippen molar-refractivity contribution >= 4 is 28.2 Å². The summed E-state index contributed by atoms with van der Waals surface area (Å²) in [5.74, 6) is -0.249. The molecule has 1 heterocycles. The maximum absolute atomic E-state index is 12.2. The van der Waals surface area contributed by atoms with Crippen molar-refractivity contribution in [1.82, 2.24) is 4.98 Å². The molecule has 0 radical (unpaired) electrons. The van der Waals surface area contributed by atoms with Crippen LogP contribution in [-0.2, 0) is 0 Å². The van der Waals surface area contributed by atoms with Crippen molar-refractivity contribution in [2.75, 3.05) is 11.1 Å². The minimum atomic E-state index is -0.249. The van der Waals surface area contributed by atoms with Gasteiger partial charge in [0.1, 0.15) is 5.69 Å². The number of anilines is 2. The molecule has 1 aromatic heterocycles. The molecule has 2 aromatic carbocycles. The lowest BCUT2D eigenvalue weighted by Gasteiger charge is -2.06. The summed E-state index contributed by atoms with van der Waals surface area (Å²) in [6.45, 7) is 0. The molecule has 0 aliphatic carbocycles. The van der Waals surface area contributed by atoms with Gasteiger partial charge in [0.25, 0.3) is 5.91 Å². The third-order valence-corrected chi connectivity index (χ3v) is 3.02. The van der Waals surface area contributed by atoms with Crippen LogP contribution in [0.5, 0.6) is 0 Å². The van der Waals surface area contributed by atoms with E-state index in [1.807, 2.05) is 48.5 Å². The number of aromatic nitrogens is 1. The van der Waals surface area contributed by atoms with Gasteiger partial charge in [-0.05, 0) is 24.3 Å². The van der Waals surface area contributed by atoms with Crippen LogP contribution >= 0.6 is 0 Å². The summed E-state index contributed by atoms with van der Waals surface area (Å²) in [4.78, 5) is 16.5. The summed E-state index contributed by atoms with van der Waals surface area (Å²) >= 11 is 0. The van der Waals surface area contributed by atoms with E-state index in [1.54, 1.807) is 12.1 Å². The standard InChI is InChI=1S/C16H13N3O/c17-13-8-4-5-11-9-10-14(19-15(11)13)16(20)18-12-6-2-1-3-7-12/h1-10H,17H2,(H,18,20). The number of amides is 1. The molecule has 0 saturated carbocycles. The van der Waals surface area contributed by atoms with Crippen LogP contribution in [-0.4, -0.2) is 10.9 Å². The zero-order chi connectivity index (χ0) is 13.9. The van der Waals surface area contributed by atoms with E-state index in [1.165, 1.54) is 0 Å². The molecular formula is C16H13N3O. The van der Waals surface area contributed by atoms with E-state index in [9.17, 15) is 4.79 Å². The van der Waals surface area contributed by atoms with Gasteiger partial charge in [-0.25, -0.2) is 4.98 Å². The van der Waals surface area contributed by atoms with Gasteiger partial charge < -0.3 is 11.1 Å². The van der Waals surface area contributed by atoms with Gasteiger partial charge in [0, 0.05) is 11.1 Å². The molecule has 0 spiro atoms. The van der Waals surface area contributed by atoms with Crippen LogP contribution < -0.4 is 11.1 Å². The molecule has 98 valence electrons. The Morgan fingerprint density at radius 1 is 0.950 bits per heavy atom. The van der Waals surface area contributed by atoms with Gasteiger partial charge in [0.05, 0.1) is 11.2 Å². The van der Waals surface area contributed by atoms with E-state index in [-0.39, 0.29) is 5.91 Å². The van der Waals surface area contributed by atoms with Crippen molar-refractivity contribution in [1.29, 1.82) is 0 Å². The van der Waals surface area contributed by atoms with Gasteiger partial charge in [0.2, 0.25) is 0 Å². The van der Waals surface area contributed by atoms with Gasteiger partial charge in [0.15, 0.2) is 0 Å². The first-order valence-corrected chi connectivity index (χ1v) is 6.26. The van der Waals surface area contributed by atoms with E-state index < -0.39 is 0 Å². The van der Waals surface area contributed by atoms with Gasteiger partial charge in [-0.15, -0.1) is 0 Å². The summed E-state index contributed by atoms with van der Waals surface area (Å²) in [6, 6.07) is 18.4. The van der Waals surface area contributed by atoms with Crippen molar-refractivity contribution in [2.24, 2.45) is 0 Å². The molecule has 3 rings (SSSR count). The van der Waals surface area contributed by atoms with Gasteiger partial charge in [-0.1, -0.05) is 36.4 Å². The number of nitrogens with one attached hydrogen (secondary N) is 1. The third-order valence-electron chi connectivity index (χ3n) is 3.02. The van der Waals surface area contributed by atoms with Crippen LogP contribution in [0.2, 0.25) is 0 Å². The Morgan fingerprint density at radius 2 is 1.75 bits per heavy atom. The van der Waals surface area contributed by atoms with Crippen LogP contribution in [0.4, 0.5) is 11.4 Å². The highest BCUT2D eigenvalue weighted by Gasteiger charge is 2.09. The molecule has 0 unspecified atom stereocenters. The average Bonchev–Trinajstić information content (AvgIpc) is 2.48. The third kappa shape index (κ3) is 2.31. The summed E-state index contributed by atoms with van der Waals surface area (Å²) in [6.07, 6.45) is 0. The number of para-hydroxylation sites is 2. The fraction of sp³-hybridized carbons (Fsp3) is 0. The smallest absolute Gasteiger partial charge is 0.274 e. The van der Waals surface area contributed by atoms with E-state index in [2.05, 4.69) is 10.3 Å². The van der Waals surface area contributed by atoms with Gasteiger partial charge in [-0.3, -0.25) is 4.79 Å². The molecule has 4 nitrogen and oxygen atoms in total. The second kappa shape index (κ2) is 5.01. The fourth-order valence-corrected chi connectivity index (χ4v) is 2.01. The van der Waals surface area contributed by atoms with E-state index in [4.69, 9.17) is 5.73 Å². The Hall–Kier alpha value is -2.88. The lowest BCUT2D eigenvalue weighted by molar-refractivity contribution is 0.102. The Labute approximate surface area is 116 Å². The van der Waals surface area contributed by atoms with Crippen LogP contribution in [0.1, 0.15) is 10.5 Å². The second-order valence-corrected chi connectivity index (χ2v) is 4.44. The van der Waals surface area contributed by atoms with Crippen LogP contribution in [0.15, 0.2) is 60.7 Å². The number of pyridine rings is 1. The number of fused-ring (bicyclic) bond motifs is 1. The first-order chi connectivity index (χ1) is 9.74. The number of carbonyl (C=O) groups excluding carboxylic acids is 1. The number of carbonyl (C=O) groups is 1. The number of nitrogens with zero attached hydrogens (tertiary/aromatic N) is 1. The maximum atomic E-state index is 12.2. The first-order valence-electron chi connectivity index (χ1n) is 6.26. The number of nitrogens with two attached hydrogens (primary N) is 1. The number of nitrogen functional groups attached to an aromatic ring is 1. The number of hydrogen-bond donors (Lipinski definition) is 2. The number of hydrogen-bond acceptors (Lipinski definition) is 3. The van der Waals surface area contributed by atoms with Crippen LogP contribution in [0.25, 0.3) is 10.9 Å². The predicted octanol–water partition coefficient (Wildman–Crippen LogP) is 3.07. The van der Waals surface area contributed by atoms with E-state index in [0.29, 0.717) is 16.9 Å². The SMILES string of the molecule is Nc1cccc2ccc(C(=O)Nc3ccccc3)nc12. The molecule has 0 bridgehead atoms. The molecular weight excluding hydrogens is 250 g/mol. The molecule has 3 aromatic rings. The zero-order valence-electron chi connectivity index (χ0n) is 10.7. The summed E-state index contributed by atoms with van der Waals surface area (Å²) in [5.41, 5.74) is 8.18. The minimum Gasteiger partial charge on any atom is -0.397 e. The molecule has 0 saturated heterocycles. The van der Waals surface area contributed by atoms with Crippen molar-refractivity contribution in [2.45, 2.75) is 0 Å². The highest BCUT2D eigenvalue weighted by atomic mass is 16.1. The maximum Gasteiger partial charge on any atom is 0.274 e. The molecule has 1 amide bonds. The van der Waals surface area contributed by atoms with Gasteiger partial charge >= 0.3 is 0 Å². The summed E-state index contributed by atoms with van der Waals surface area (Å²) in [5, 5.41) is 3.72. The fourth-order valence-electron chi connectivity index (χ4n) is 2.01. The van der Waals surface area contributed by atoms with Crippen molar-refractivity contribution < 1.29 is 4.79 Å². The van der Waals surface area contributed by atoms with Crippen molar-refractivity contribution in [3.63, 3.8) is 0 Å². The summed E-state index contributed by atoms with van der Waals surface area (Å²) < 4.78 is 0. The molecule has 0 atom stereocenters. The number of rotatable bonds is 2. The molecule has 4 heteroatoms. The average molecular weight is 263 g/mol. The Kier molecular flexibility index (Phi) is 3.05. The largest absolute Gasteiger partial charge is 0.397 e. The molecule has 0 aliphatic heterocycles. The second-order valence-electron chi connectivity index (χ2n) is 4.44. The first kappa shape index (κ1) is 12.2.